The number of amides is 2. The number of benzene rings is 2. The molecule has 1 aliphatic rings. The van der Waals surface area contributed by atoms with Crippen LogP contribution in [0.1, 0.15) is 18.4 Å². The molecule has 174 valence electrons. The Morgan fingerprint density at radius 3 is 2.53 bits per heavy atom. The highest BCUT2D eigenvalue weighted by Gasteiger charge is 2.24. The molecule has 10 heteroatoms. The number of methoxy groups -OCH3 is 2. The van der Waals surface area contributed by atoms with Crippen molar-refractivity contribution in [2.75, 3.05) is 38.9 Å². The first kappa shape index (κ1) is 23.7. The minimum atomic E-state index is -3.75. The van der Waals surface area contributed by atoms with Gasteiger partial charge in [-0.05, 0) is 42.7 Å². The molecule has 0 spiro atoms. The molecule has 9 nitrogen and oxygen atoms in total. The van der Waals surface area contributed by atoms with Crippen molar-refractivity contribution in [3.05, 3.63) is 48.0 Å². The molecule has 32 heavy (non-hydrogen) atoms. The van der Waals surface area contributed by atoms with E-state index in [1.165, 1.54) is 14.2 Å². The highest BCUT2D eigenvalue weighted by atomic mass is 32.2. The summed E-state index contributed by atoms with van der Waals surface area (Å²) in [5.41, 5.74) is 1.23. The van der Waals surface area contributed by atoms with Crippen LogP contribution in [0.2, 0.25) is 0 Å². The Morgan fingerprint density at radius 1 is 1.12 bits per heavy atom. The van der Waals surface area contributed by atoms with Gasteiger partial charge in [-0.3, -0.25) is 0 Å². The standard InChI is InChI=1S/C22H28N2O7S/c1-28-19-9-5-4-8-18(19)23-22(25)24(15-17-7-6-12-30-17)14-16-10-11-20(29-2)21(13-16)31-32(3,26)27/h4-5,8-11,13,17H,6-7,12,14-15H2,1-3H3,(H,23,25). The summed E-state index contributed by atoms with van der Waals surface area (Å²) in [6.07, 6.45) is 2.71. The molecule has 0 saturated carbocycles. The van der Waals surface area contributed by atoms with Crippen LogP contribution in [0.25, 0.3) is 0 Å². The zero-order chi connectivity index (χ0) is 23.1. The number of hydrogen-bond acceptors (Lipinski definition) is 7. The Balaban J connectivity index is 1.84. The van der Waals surface area contributed by atoms with E-state index in [9.17, 15) is 13.2 Å². The largest absolute Gasteiger partial charge is 0.495 e. The average Bonchev–Trinajstić information content (AvgIpc) is 3.26. The lowest BCUT2D eigenvalue weighted by Gasteiger charge is -2.26. The Kier molecular flexibility index (Phi) is 7.81. The van der Waals surface area contributed by atoms with Crippen LogP contribution in [-0.4, -0.2) is 59.1 Å². The predicted octanol–water partition coefficient (Wildman–Crippen LogP) is 3.26. The number of carbonyl (C=O) groups is 1. The van der Waals surface area contributed by atoms with Crippen molar-refractivity contribution in [3.63, 3.8) is 0 Å². The third-order valence-corrected chi connectivity index (χ3v) is 5.41. The van der Waals surface area contributed by atoms with Crippen LogP contribution in [0.15, 0.2) is 42.5 Å². The van der Waals surface area contributed by atoms with E-state index in [4.69, 9.17) is 18.4 Å². The maximum atomic E-state index is 13.2. The third-order valence-electron chi connectivity index (χ3n) is 4.93. The number of ether oxygens (including phenoxy) is 3. The molecule has 3 rings (SSSR count). The summed E-state index contributed by atoms with van der Waals surface area (Å²) < 4.78 is 44.5. The van der Waals surface area contributed by atoms with Crippen LogP contribution in [0.3, 0.4) is 0 Å². The maximum absolute atomic E-state index is 13.2. The Bertz CT molecular complexity index is 1040. The highest BCUT2D eigenvalue weighted by molar-refractivity contribution is 7.86. The van der Waals surface area contributed by atoms with Crippen LogP contribution in [0, 0.1) is 0 Å². The first-order valence-electron chi connectivity index (χ1n) is 10.2. The van der Waals surface area contributed by atoms with Gasteiger partial charge in [0.05, 0.1) is 32.3 Å². The first-order chi connectivity index (χ1) is 15.3. The molecule has 0 radical (unpaired) electrons. The van der Waals surface area contributed by atoms with Gasteiger partial charge >= 0.3 is 16.1 Å². The van der Waals surface area contributed by atoms with Crippen LogP contribution < -0.4 is 19.0 Å². The van der Waals surface area contributed by atoms with Gasteiger partial charge in [0, 0.05) is 19.7 Å². The second-order valence-corrected chi connectivity index (χ2v) is 8.99. The normalized spacial score (nSPS) is 15.8. The summed E-state index contributed by atoms with van der Waals surface area (Å²) in [6, 6.07) is 11.7. The molecule has 2 aromatic rings. The van der Waals surface area contributed by atoms with E-state index in [0.29, 0.717) is 30.2 Å². The molecule has 2 amide bonds. The molecule has 2 aromatic carbocycles. The van der Waals surface area contributed by atoms with Gasteiger partial charge in [-0.15, -0.1) is 0 Å². The van der Waals surface area contributed by atoms with Crippen molar-refractivity contribution in [1.82, 2.24) is 4.90 Å². The molecule has 1 aliphatic heterocycles. The zero-order valence-corrected chi connectivity index (χ0v) is 19.2. The first-order valence-corrected chi connectivity index (χ1v) is 12.0. The van der Waals surface area contributed by atoms with Crippen LogP contribution in [0.5, 0.6) is 17.2 Å². The number of para-hydroxylation sites is 2. The number of urea groups is 1. The fourth-order valence-electron chi connectivity index (χ4n) is 3.46. The van der Waals surface area contributed by atoms with Gasteiger partial charge in [0.15, 0.2) is 11.5 Å². The monoisotopic (exact) mass is 464 g/mol. The number of rotatable bonds is 9. The van der Waals surface area contributed by atoms with Gasteiger partial charge in [-0.2, -0.15) is 8.42 Å². The SMILES string of the molecule is COc1ccccc1NC(=O)N(Cc1ccc(OC)c(OS(C)(=O)=O)c1)CC1CCCO1. The van der Waals surface area contributed by atoms with Gasteiger partial charge in [-0.25, -0.2) is 4.79 Å². The highest BCUT2D eigenvalue weighted by Crippen LogP contribution is 2.30. The van der Waals surface area contributed by atoms with Crippen molar-refractivity contribution >= 4 is 21.8 Å². The molecule has 0 bridgehead atoms. The molecular formula is C22H28N2O7S. The quantitative estimate of drug-likeness (QED) is 0.568. The summed E-state index contributed by atoms with van der Waals surface area (Å²) >= 11 is 0. The van der Waals surface area contributed by atoms with E-state index in [0.717, 1.165) is 19.1 Å². The Hall–Kier alpha value is -2.98. The summed E-state index contributed by atoms with van der Waals surface area (Å²) in [4.78, 5) is 14.8. The predicted molar refractivity (Wildman–Crippen MR) is 120 cm³/mol. The lowest BCUT2D eigenvalue weighted by molar-refractivity contribution is 0.0819. The Labute approximate surface area is 188 Å². The smallest absolute Gasteiger partial charge is 0.322 e. The van der Waals surface area contributed by atoms with Gasteiger partial charge in [0.25, 0.3) is 0 Å². The minimum Gasteiger partial charge on any atom is -0.495 e. The third kappa shape index (κ3) is 6.51. The van der Waals surface area contributed by atoms with Crippen LogP contribution >= 0.6 is 0 Å². The van der Waals surface area contributed by atoms with Gasteiger partial charge in [-0.1, -0.05) is 18.2 Å². The topological polar surface area (TPSA) is 103 Å². The fourth-order valence-corrected chi connectivity index (χ4v) is 3.92. The summed E-state index contributed by atoms with van der Waals surface area (Å²) in [7, 11) is -0.782. The number of nitrogens with one attached hydrogen (secondary N) is 1. The van der Waals surface area contributed by atoms with Crippen molar-refractivity contribution in [2.24, 2.45) is 0 Å². The molecule has 1 N–H and O–H groups in total. The maximum Gasteiger partial charge on any atom is 0.322 e. The van der Waals surface area contributed by atoms with Crippen LogP contribution in [-0.2, 0) is 21.4 Å². The molecule has 1 fully saturated rings. The summed E-state index contributed by atoms with van der Waals surface area (Å²) in [6.45, 7) is 1.27. The number of anilines is 1. The second kappa shape index (κ2) is 10.6. The summed E-state index contributed by atoms with van der Waals surface area (Å²) in [5, 5.41) is 2.89. The lowest BCUT2D eigenvalue weighted by Crippen LogP contribution is -2.39. The van der Waals surface area contributed by atoms with E-state index < -0.39 is 10.1 Å². The Morgan fingerprint density at radius 2 is 1.88 bits per heavy atom. The number of carbonyl (C=O) groups excluding carboxylic acids is 1. The summed E-state index contributed by atoms with van der Waals surface area (Å²) in [5.74, 6) is 0.893. The number of nitrogens with zero attached hydrogens (tertiary/aromatic N) is 1. The van der Waals surface area contributed by atoms with Crippen molar-refractivity contribution in [1.29, 1.82) is 0 Å². The zero-order valence-electron chi connectivity index (χ0n) is 18.4. The van der Waals surface area contributed by atoms with Crippen molar-refractivity contribution < 1.29 is 31.6 Å². The van der Waals surface area contributed by atoms with Crippen molar-refractivity contribution in [2.45, 2.75) is 25.5 Å². The molecule has 1 unspecified atom stereocenters. The molecular weight excluding hydrogens is 436 g/mol. The van der Waals surface area contributed by atoms with Gasteiger partial charge < -0.3 is 28.6 Å². The van der Waals surface area contributed by atoms with E-state index >= 15 is 0 Å². The van der Waals surface area contributed by atoms with Crippen molar-refractivity contribution in [3.8, 4) is 17.2 Å². The molecule has 1 saturated heterocycles. The fraction of sp³-hybridized carbons (Fsp3) is 0.409. The average molecular weight is 465 g/mol. The number of hydrogen-bond donors (Lipinski definition) is 1. The molecule has 1 atom stereocenters. The molecule has 1 heterocycles. The van der Waals surface area contributed by atoms with Gasteiger partial charge in [0.2, 0.25) is 0 Å². The molecule has 0 aromatic heterocycles. The second-order valence-electron chi connectivity index (χ2n) is 7.42. The van der Waals surface area contributed by atoms with E-state index in [-0.39, 0.29) is 30.2 Å². The van der Waals surface area contributed by atoms with E-state index in [2.05, 4.69) is 5.32 Å². The van der Waals surface area contributed by atoms with E-state index in [1.807, 2.05) is 6.07 Å². The van der Waals surface area contributed by atoms with Crippen LogP contribution in [0.4, 0.5) is 10.5 Å². The minimum absolute atomic E-state index is 0.0645. The molecule has 0 aliphatic carbocycles. The van der Waals surface area contributed by atoms with Gasteiger partial charge in [0.1, 0.15) is 5.75 Å². The van der Waals surface area contributed by atoms with E-state index in [1.54, 1.807) is 41.3 Å². The lowest BCUT2D eigenvalue weighted by atomic mass is 10.1.